The first kappa shape index (κ1) is 19.6. The van der Waals surface area contributed by atoms with Crippen molar-refractivity contribution in [1.82, 2.24) is 0 Å². The maximum Gasteiger partial charge on any atom is 0.620 e. The number of carbonyl (C=O) groups is 2. The molecule has 0 aliphatic carbocycles. The highest BCUT2D eigenvalue weighted by Gasteiger charge is 2.29. The predicted molar refractivity (Wildman–Crippen MR) is 101 cm³/mol. The van der Waals surface area contributed by atoms with Gasteiger partial charge in [0.25, 0.3) is 0 Å². The molecule has 0 fully saturated rings. The number of hydrogen-bond acceptors (Lipinski definition) is 5. The molecule has 0 radical (unpaired) electrons. The molecule has 0 spiro atoms. The van der Waals surface area contributed by atoms with Gasteiger partial charge in [-0.05, 0) is 30.7 Å². The minimum atomic E-state index is -3.07. The molecule has 1 unspecified atom stereocenters. The Balaban J connectivity index is 2.11. The maximum atomic E-state index is 12.3. The molecule has 0 heterocycles. The van der Waals surface area contributed by atoms with Gasteiger partial charge in [0, 0.05) is 0 Å². The Morgan fingerprint density at radius 3 is 1.81 bits per heavy atom. The third-order valence-electron chi connectivity index (χ3n) is 3.55. The molecule has 0 saturated carbocycles. The molecule has 0 aliphatic heterocycles. The quantitative estimate of drug-likeness (QED) is 0.496. The summed E-state index contributed by atoms with van der Waals surface area (Å²) < 4.78 is 16.5. The van der Waals surface area contributed by atoms with E-state index in [1.54, 1.807) is 66.7 Å². The first-order valence-electron chi connectivity index (χ1n) is 8.44. The molecule has 0 bridgehead atoms. The van der Waals surface area contributed by atoms with Gasteiger partial charge in [-0.1, -0.05) is 55.8 Å². The highest BCUT2D eigenvalue weighted by atomic mass is 28.3. The third-order valence-corrected chi connectivity index (χ3v) is 4.93. The summed E-state index contributed by atoms with van der Waals surface area (Å²) in [6.45, 7) is 5.73. The van der Waals surface area contributed by atoms with Crippen LogP contribution in [0.2, 0.25) is 0 Å². The molecular weight excluding hydrogens is 348 g/mol. The van der Waals surface area contributed by atoms with E-state index in [2.05, 4.69) is 6.58 Å². The molecule has 0 aliphatic rings. The summed E-state index contributed by atoms with van der Waals surface area (Å²) in [7, 11) is -3.07. The van der Waals surface area contributed by atoms with Gasteiger partial charge in [-0.2, -0.15) is 0 Å². The Morgan fingerprint density at radius 2 is 1.42 bits per heavy atom. The minimum Gasteiger partial charge on any atom is -0.463 e. The lowest BCUT2D eigenvalue weighted by molar-refractivity contribution is 0.0397. The van der Waals surface area contributed by atoms with Crippen LogP contribution >= 0.6 is 0 Å². The van der Waals surface area contributed by atoms with Crippen molar-refractivity contribution in [3.63, 3.8) is 0 Å². The van der Waals surface area contributed by atoms with Crippen LogP contribution in [0.15, 0.2) is 73.3 Å². The van der Waals surface area contributed by atoms with Gasteiger partial charge in [0.05, 0.1) is 17.2 Å². The van der Waals surface area contributed by atoms with E-state index in [9.17, 15) is 9.59 Å². The van der Waals surface area contributed by atoms with Crippen LogP contribution in [-0.4, -0.2) is 27.6 Å². The zero-order chi connectivity index (χ0) is 18.8. The predicted octanol–water partition coefficient (Wildman–Crippen LogP) is 3.79. The van der Waals surface area contributed by atoms with Gasteiger partial charge in [0.1, 0.15) is 0 Å². The van der Waals surface area contributed by atoms with Crippen molar-refractivity contribution >= 4 is 21.5 Å². The van der Waals surface area contributed by atoms with E-state index in [1.807, 2.05) is 6.92 Å². The molecule has 1 atom stereocenters. The van der Waals surface area contributed by atoms with Crippen molar-refractivity contribution in [2.24, 2.45) is 0 Å². The summed E-state index contributed by atoms with van der Waals surface area (Å²) in [4.78, 5) is 24.6. The van der Waals surface area contributed by atoms with E-state index in [1.165, 1.54) is 0 Å². The number of rotatable bonds is 9. The minimum absolute atomic E-state index is 0.344. The van der Waals surface area contributed by atoms with E-state index in [4.69, 9.17) is 13.3 Å². The summed E-state index contributed by atoms with van der Waals surface area (Å²) in [5.74, 6) is -1.16. The fourth-order valence-corrected chi connectivity index (χ4v) is 3.52. The van der Waals surface area contributed by atoms with E-state index >= 15 is 0 Å². The van der Waals surface area contributed by atoms with Crippen molar-refractivity contribution in [3.05, 3.63) is 84.4 Å². The van der Waals surface area contributed by atoms with Crippen molar-refractivity contribution < 1.29 is 22.9 Å². The van der Waals surface area contributed by atoms with Crippen molar-refractivity contribution in [2.45, 2.75) is 25.9 Å². The average molecular weight is 370 g/mol. The van der Waals surface area contributed by atoms with E-state index in [0.717, 1.165) is 6.42 Å². The second kappa shape index (κ2) is 10.3. The molecule has 2 rings (SSSR count). The van der Waals surface area contributed by atoms with Crippen LogP contribution in [0.25, 0.3) is 0 Å². The molecule has 26 heavy (non-hydrogen) atoms. The molecule has 0 amide bonds. The Kier molecular flexibility index (Phi) is 7.79. The molecule has 0 N–H and O–H groups in total. The molecule has 2 aromatic rings. The van der Waals surface area contributed by atoms with Gasteiger partial charge >= 0.3 is 21.5 Å². The third kappa shape index (κ3) is 5.98. The van der Waals surface area contributed by atoms with E-state index < -0.39 is 21.5 Å². The number of benzene rings is 2. The first-order valence-corrected chi connectivity index (χ1v) is 9.85. The number of carbonyl (C=O) groups excluding carboxylic acids is 2. The van der Waals surface area contributed by atoms with E-state index in [-0.39, 0.29) is 6.10 Å². The second-order valence-electron chi connectivity index (χ2n) is 5.53. The molecule has 0 saturated heterocycles. The highest BCUT2D eigenvalue weighted by molar-refractivity contribution is 6.43. The van der Waals surface area contributed by atoms with Gasteiger partial charge in [-0.15, -0.1) is 6.58 Å². The second-order valence-corrected chi connectivity index (χ2v) is 6.85. The van der Waals surface area contributed by atoms with Gasteiger partial charge in [-0.3, -0.25) is 0 Å². The SMILES string of the molecule is C=CC(CCC)O[SiH](OC(=O)c1ccccc1)OC(=O)c1ccccc1. The smallest absolute Gasteiger partial charge is 0.463 e. The monoisotopic (exact) mass is 370 g/mol. The van der Waals surface area contributed by atoms with Crippen molar-refractivity contribution in [1.29, 1.82) is 0 Å². The highest BCUT2D eigenvalue weighted by Crippen LogP contribution is 2.12. The summed E-state index contributed by atoms with van der Waals surface area (Å²) in [6.07, 6.45) is 2.83. The molecule has 6 heteroatoms. The summed E-state index contributed by atoms with van der Waals surface area (Å²) in [5.41, 5.74) is 0.741. The molecule has 136 valence electrons. The van der Waals surface area contributed by atoms with Crippen LogP contribution in [-0.2, 0) is 13.3 Å². The van der Waals surface area contributed by atoms with Crippen LogP contribution in [0.3, 0.4) is 0 Å². The lowest BCUT2D eigenvalue weighted by Crippen LogP contribution is -2.35. The Labute approximate surface area is 155 Å². The van der Waals surface area contributed by atoms with Gasteiger partial charge in [0.15, 0.2) is 0 Å². The zero-order valence-electron chi connectivity index (χ0n) is 14.7. The Hall–Kier alpha value is -2.70. The summed E-state index contributed by atoms with van der Waals surface area (Å²) in [6, 6.07) is 17.0. The fourth-order valence-electron chi connectivity index (χ4n) is 2.21. The lowest BCUT2D eigenvalue weighted by atomic mass is 10.2. The Bertz CT molecular complexity index is 664. The average Bonchev–Trinajstić information content (AvgIpc) is 2.68. The van der Waals surface area contributed by atoms with Crippen LogP contribution in [0.5, 0.6) is 0 Å². The van der Waals surface area contributed by atoms with Crippen LogP contribution < -0.4 is 0 Å². The first-order chi connectivity index (χ1) is 12.6. The summed E-state index contributed by atoms with van der Waals surface area (Å²) in [5, 5.41) is 0. The molecule has 2 aromatic carbocycles. The fraction of sp³-hybridized carbons (Fsp3) is 0.200. The van der Waals surface area contributed by atoms with Gasteiger partial charge < -0.3 is 13.3 Å². The lowest BCUT2D eigenvalue weighted by Gasteiger charge is -2.20. The zero-order valence-corrected chi connectivity index (χ0v) is 15.8. The Morgan fingerprint density at radius 1 is 0.962 bits per heavy atom. The topological polar surface area (TPSA) is 61.8 Å². The molecule has 5 nitrogen and oxygen atoms in total. The molecular formula is C20H22O5Si. The van der Waals surface area contributed by atoms with Gasteiger partial charge in [-0.25, -0.2) is 9.59 Å². The normalized spacial score (nSPS) is 11.6. The van der Waals surface area contributed by atoms with Gasteiger partial charge in [0.2, 0.25) is 0 Å². The van der Waals surface area contributed by atoms with E-state index in [0.29, 0.717) is 17.5 Å². The van der Waals surface area contributed by atoms with Crippen LogP contribution in [0, 0.1) is 0 Å². The summed E-state index contributed by atoms with van der Waals surface area (Å²) >= 11 is 0. The standard InChI is InChI=1S/C20H22O5Si/c1-3-11-18(4-2)23-26(24-19(21)16-12-7-5-8-13-16)25-20(22)17-14-9-6-10-15-17/h4-10,12-15,18,26H,2-3,11H2,1H3. The van der Waals surface area contributed by atoms with Crippen molar-refractivity contribution in [2.75, 3.05) is 0 Å². The van der Waals surface area contributed by atoms with Crippen molar-refractivity contribution in [3.8, 4) is 0 Å². The maximum absolute atomic E-state index is 12.3. The molecule has 0 aromatic heterocycles. The van der Waals surface area contributed by atoms with Crippen LogP contribution in [0.1, 0.15) is 40.5 Å². The largest absolute Gasteiger partial charge is 0.620 e. The number of hydrogen-bond donors (Lipinski definition) is 0. The van der Waals surface area contributed by atoms with Crippen LogP contribution in [0.4, 0.5) is 0 Å².